The van der Waals surface area contributed by atoms with E-state index in [0.29, 0.717) is 10.8 Å². The van der Waals surface area contributed by atoms with Gasteiger partial charge in [-0.3, -0.25) is 0 Å². The second-order valence-electron chi connectivity index (χ2n) is 12.3. The maximum atomic E-state index is 2.57. The molecule has 0 aromatic heterocycles. The number of rotatable bonds is 0. The van der Waals surface area contributed by atoms with Crippen molar-refractivity contribution in [2.45, 2.75) is 87.2 Å². The molecule has 0 nitrogen and oxygen atoms in total. The molecule has 3 aliphatic heterocycles. The number of hydrogen-bond donors (Lipinski definition) is 0. The van der Waals surface area contributed by atoms with Gasteiger partial charge in [0.15, 0.2) is 0 Å². The van der Waals surface area contributed by atoms with Crippen LogP contribution in [0.3, 0.4) is 0 Å². The predicted octanol–water partition coefficient (Wildman–Crippen LogP) is 8.33. The van der Waals surface area contributed by atoms with Gasteiger partial charge in [-0.05, 0) is 120 Å². The molecule has 2 aromatic carbocycles. The van der Waals surface area contributed by atoms with Crippen LogP contribution < -0.4 is 0 Å². The Morgan fingerprint density at radius 3 is 1.31 bits per heavy atom. The molecule has 168 valence electrons. The highest BCUT2D eigenvalue weighted by Crippen LogP contribution is 2.67. The van der Waals surface area contributed by atoms with E-state index in [9.17, 15) is 0 Å². The van der Waals surface area contributed by atoms with Crippen molar-refractivity contribution in [2.24, 2.45) is 22.7 Å². The van der Waals surface area contributed by atoms with Crippen molar-refractivity contribution in [1.29, 1.82) is 0 Å². The van der Waals surface area contributed by atoms with Gasteiger partial charge in [0.2, 0.25) is 0 Å². The van der Waals surface area contributed by atoms with Crippen LogP contribution in [0.4, 0.5) is 0 Å². The van der Waals surface area contributed by atoms with Gasteiger partial charge in [0, 0.05) is 23.0 Å². The summed E-state index contributed by atoms with van der Waals surface area (Å²) in [5.41, 5.74) is 10.8. The summed E-state index contributed by atoms with van der Waals surface area (Å²) in [5.74, 6) is 6.69. The van der Waals surface area contributed by atoms with Crippen molar-refractivity contribution < 1.29 is 0 Å². The Bertz CT molecular complexity index is 899. The number of aryl methyl sites for hydroxylation is 2. The van der Waals surface area contributed by atoms with E-state index in [0.717, 1.165) is 34.8 Å². The number of hydrogen-bond acceptors (Lipinski definition) is 2. The van der Waals surface area contributed by atoms with E-state index in [2.05, 4.69) is 59.9 Å². The third-order valence-corrected chi connectivity index (χ3v) is 11.6. The van der Waals surface area contributed by atoms with Gasteiger partial charge < -0.3 is 0 Å². The van der Waals surface area contributed by atoms with Crippen molar-refractivity contribution in [3.63, 3.8) is 0 Å². The molecule has 10 bridgehead atoms. The Balaban J connectivity index is 1.32. The number of benzene rings is 2. The summed E-state index contributed by atoms with van der Waals surface area (Å²) >= 11 is 4.23. The largest absolute Gasteiger partial charge is 0.152 e. The Morgan fingerprint density at radius 1 is 0.531 bits per heavy atom. The van der Waals surface area contributed by atoms with Crippen molar-refractivity contribution in [3.8, 4) is 0 Å². The minimum atomic E-state index is 0.658. The van der Waals surface area contributed by atoms with E-state index in [1.165, 1.54) is 32.1 Å². The zero-order valence-electron chi connectivity index (χ0n) is 19.3. The number of thioether (sulfide) groups is 2. The predicted molar refractivity (Wildman–Crippen MR) is 139 cm³/mol. The Hall–Kier alpha value is -0.860. The van der Waals surface area contributed by atoms with Crippen LogP contribution in [0.15, 0.2) is 36.4 Å². The molecule has 2 heteroatoms. The first-order valence-electron chi connectivity index (χ1n) is 13.0. The summed E-state index contributed by atoms with van der Waals surface area (Å²) in [6, 6.07) is 15.3. The fraction of sp³-hybridized carbons (Fsp3) is 0.600. The van der Waals surface area contributed by atoms with Gasteiger partial charge >= 0.3 is 0 Å². The number of fused-ring (bicyclic) bond motifs is 6. The quantitative estimate of drug-likeness (QED) is 0.387. The molecule has 0 radical (unpaired) electrons. The lowest BCUT2D eigenvalue weighted by Gasteiger charge is -2.63. The van der Waals surface area contributed by atoms with E-state index < -0.39 is 0 Å². The van der Waals surface area contributed by atoms with Gasteiger partial charge in [0.1, 0.15) is 0 Å². The van der Waals surface area contributed by atoms with Gasteiger partial charge in [-0.1, -0.05) is 36.4 Å². The molecule has 3 heterocycles. The van der Waals surface area contributed by atoms with Gasteiger partial charge in [0.05, 0.1) is 0 Å². The van der Waals surface area contributed by atoms with E-state index >= 15 is 0 Å². The normalized spacial score (nSPS) is 35.6. The van der Waals surface area contributed by atoms with Crippen LogP contribution in [0.25, 0.3) is 0 Å². The van der Waals surface area contributed by atoms with E-state index in [1.807, 2.05) is 0 Å². The maximum Gasteiger partial charge on any atom is 0.0188 e. The summed E-state index contributed by atoms with van der Waals surface area (Å²) in [4.78, 5) is 0. The van der Waals surface area contributed by atoms with Gasteiger partial charge in [0.25, 0.3) is 0 Å². The van der Waals surface area contributed by atoms with Crippen molar-refractivity contribution in [1.82, 2.24) is 0 Å². The first-order valence-corrected chi connectivity index (χ1v) is 15.3. The smallest absolute Gasteiger partial charge is 0.0188 e. The van der Waals surface area contributed by atoms with Crippen molar-refractivity contribution in [3.05, 3.63) is 69.8 Å². The topological polar surface area (TPSA) is 0 Å². The molecular weight excluding hydrogens is 424 g/mol. The Morgan fingerprint density at radius 2 is 0.906 bits per heavy atom. The zero-order chi connectivity index (χ0) is 21.2. The maximum absolute atomic E-state index is 2.57. The highest BCUT2D eigenvalue weighted by atomic mass is 32.2. The van der Waals surface area contributed by atoms with E-state index in [4.69, 9.17) is 0 Å². The molecule has 32 heavy (non-hydrogen) atoms. The lowest BCUT2D eigenvalue weighted by atomic mass is 9.42. The summed E-state index contributed by atoms with van der Waals surface area (Å²) < 4.78 is 0. The fourth-order valence-corrected chi connectivity index (χ4v) is 10.7. The van der Waals surface area contributed by atoms with Gasteiger partial charge in [-0.25, -0.2) is 0 Å². The molecule has 2 spiro atoms. The first-order chi connectivity index (χ1) is 15.6. The summed E-state index contributed by atoms with van der Waals surface area (Å²) in [6.07, 6.45) is 14.8. The lowest BCUT2D eigenvalue weighted by Crippen LogP contribution is -2.52. The minimum absolute atomic E-state index is 0.658. The molecule has 4 saturated carbocycles. The molecule has 9 rings (SSSR count). The van der Waals surface area contributed by atoms with Crippen molar-refractivity contribution in [2.75, 3.05) is 0 Å². The molecule has 0 unspecified atom stereocenters. The third kappa shape index (κ3) is 3.88. The fourth-order valence-electron chi connectivity index (χ4n) is 8.93. The van der Waals surface area contributed by atoms with Crippen LogP contribution in [0.1, 0.15) is 84.7 Å². The van der Waals surface area contributed by atoms with E-state index in [-0.39, 0.29) is 0 Å². The second-order valence-corrected chi connectivity index (χ2v) is 14.2. The highest BCUT2D eigenvalue weighted by Gasteiger charge is 2.56. The monoisotopic (exact) mass is 460 g/mol. The van der Waals surface area contributed by atoms with Gasteiger partial charge in [-0.2, -0.15) is 23.5 Å². The highest BCUT2D eigenvalue weighted by molar-refractivity contribution is 7.98. The van der Waals surface area contributed by atoms with E-state index in [1.54, 1.807) is 65.5 Å². The summed E-state index contributed by atoms with van der Waals surface area (Å²) in [6.45, 7) is 0. The first kappa shape index (κ1) is 20.5. The average Bonchev–Trinajstić information content (AvgIpc) is 2.75. The third-order valence-electron chi connectivity index (χ3n) is 9.49. The lowest BCUT2D eigenvalue weighted by molar-refractivity contribution is -0.117. The Labute approximate surface area is 202 Å². The van der Waals surface area contributed by atoms with Gasteiger partial charge in [-0.15, -0.1) is 0 Å². The zero-order valence-corrected chi connectivity index (χ0v) is 21.0. The molecule has 0 atom stereocenters. The molecule has 0 amide bonds. The molecule has 4 fully saturated rings. The van der Waals surface area contributed by atoms with Crippen LogP contribution in [0.2, 0.25) is 0 Å². The Kier molecular flexibility index (Phi) is 5.02. The summed E-state index contributed by atoms with van der Waals surface area (Å²) in [5, 5.41) is 0. The van der Waals surface area contributed by atoms with Crippen LogP contribution in [0.5, 0.6) is 0 Å². The standard InChI is InChI=1S/C30H36S2/c1-3-29-12-27-11-28(13-29)15-30(14-27,20-29)4-2-22-7-25-10-26(8-22)19-32-17-24-6-21(1)5-23(9-24)16-31-18-25/h5-10,27-28H,1-4,11-20H2. The van der Waals surface area contributed by atoms with Crippen LogP contribution in [0, 0.1) is 22.7 Å². The molecule has 0 N–H and O–H groups in total. The average molecular weight is 461 g/mol. The van der Waals surface area contributed by atoms with Crippen LogP contribution >= 0.6 is 23.5 Å². The molecular formula is C30H36S2. The summed E-state index contributed by atoms with van der Waals surface area (Å²) in [7, 11) is 0. The van der Waals surface area contributed by atoms with Crippen molar-refractivity contribution >= 4 is 23.5 Å². The molecule has 7 aliphatic rings. The second kappa shape index (κ2) is 7.84. The SMILES string of the molecule is c1c2cc3cc1CSCc1cc(cc(c1)CSC3)CCC13CC4CC(CC(CC2)(C4)C1)C3. The molecule has 4 aliphatic carbocycles. The van der Waals surface area contributed by atoms with Crippen LogP contribution in [-0.2, 0) is 35.9 Å². The molecule has 2 aromatic rings. The van der Waals surface area contributed by atoms with Crippen LogP contribution in [-0.4, -0.2) is 0 Å². The minimum Gasteiger partial charge on any atom is -0.152 e. The molecule has 0 saturated heterocycles.